The van der Waals surface area contributed by atoms with E-state index in [4.69, 9.17) is 11.6 Å². The first-order valence-corrected chi connectivity index (χ1v) is 4.59. The summed E-state index contributed by atoms with van der Waals surface area (Å²) in [5, 5.41) is 2.52. The average molecular weight is 269 g/mol. The number of para-hydroxylation sites is 1. The molecule has 0 aromatic heterocycles. The zero-order chi connectivity index (χ0) is 9.14. The van der Waals surface area contributed by atoms with Crippen LogP contribution in [0.15, 0.2) is 22.7 Å². The number of thiocarbonyl (C=S) groups is 1. The quantitative estimate of drug-likeness (QED) is 0.475. The van der Waals surface area contributed by atoms with Gasteiger partial charge in [0.25, 0.3) is 0 Å². The molecule has 0 bridgehead atoms. The fourth-order valence-electron chi connectivity index (χ4n) is 0.716. The van der Waals surface area contributed by atoms with Crippen LogP contribution in [0, 0.1) is 5.82 Å². The molecule has 1 rings (SSSR count). The van der Waals surface area contributed by atoms with Crippen molar-refractivity contribution in [3.05, 3.63) is 28.5 Å². The molecule has 5 heteroatoms. The van der Waals surface area contributed by atoms with E-state index >= 15 is 0 Å². The highest BCUT2D eigenvalue weighted by molar-refractivity contribution is 9.10. The normalized spacial score (nSPS) is 9.58. The number of anilines is 1. The Kier molecular flexibility index (Phi) is 3.43. The second kappa shape index (κ2) is 4.16. The van der Waals surface area contributed by atoms with Crippen LogP contribution in [0.5, 0.6) is 0 Å². The van der Waals surface area contributed by atoms with Crippen molar-refractivity contribution in [1.29, 1.82) is 0 Å². The van der Waals surface area contributed by atoms with Gasteiger partial charge >= 0.3 is 0 Å². The van der Waals surface area contributed by atoms with Crippen molar-refractivity contribution in [1.82, 2.24) is 0 Å². The maximum atomic E-state index is 13.0. The predicted octanol–water partition coefficient (Wildman–Crippen LogP) is 3.52. The second-order valence-electron chi connectivity index (χ2n) is 2.00. The third-order valence-corrected chi connectivity index (χ3v) is 2.04. The van der Waals surface area contributed by atoms with Gasteiger partial charge in [-0.05, 0) is 40.3 Å². The van der Waals surface area contributed by atoms with Crippen LogP contribution in [0.3, 0.4) is 0 Å². The molecule has 1 aromatic carbocycles. The van der Waals surface area contributed by atoms with Gasteiger partial charge in [-0.1, -0.05) is 17.7 Å². The number of nitrogens with one attached hydrogen (secondary N) is 1. The Balaban J connectivity index is 3.04. The van der Waals surface area contributed by atoms with Gasteiger partial charge < -0.3 is 5.32 Å². The topological polar surface area (TPSA) is 12.0 Å². The van der Waals surface area contributed by atoms with E-state index in [1.807, 2.05) is 0 Å². The van der Waals surface area contributed by atoms with Gasteiger partial charge in [-0.3, -0.25) is 0 Å². The Hall–Kier alpha value is -0.190. The van der Waals surface area contributed by atoms with Gasteiger partial charge in [0.1, 0.15) is 5.82 Å². The molecular formula is C7H4BrClFNS. The molecule has 0 aliphatic carbocycles. The molecule has 1 N–H and O–H groups in total. The lowest BCUT2D eigenvalue weighted by Gasteiger charge is -2.05. The van der Waals surface area contributed by atoms with E-state index in [1.165, 1.54) is 6.07 Å². The van der Waals surface area contributed by atoms with Crippen LogP contribution in [-0.4, -0.2) is 4.45 Å². The first-order valence-electron chi connectivity index (χ1n) is 3.02. The number of halogens is 3. The molecule has 0 spiro atoms. The summed E-state index contributed by atoms with van der Waals surface area (Å²) in [7, 11) is 0. The Labute approximate surface area is 88.0 Å². The summed E-state index contributed by atoms with van der Waals surface area (Å²) in [6, 6.07) is 4.60. The van der Waals surface area contributed by atoms with Crippen LogP contribution < -0.4 is 5.32 Å². The molecule has 0 fully saturated rings. The van der Waals surface area contributed by atoms with E-state index < -0.39 is 5.82 Å². The van der Waals surface area contributed by atoms with E-state index in [-0.39, 0.29) is 10.1 Å². The molecule has 64 valence electrons. The first kappa shape index (κ1) is 9.89. The van der Waals surface area contributed by atoms with Crippen LogP contribution in [0.2, 0.25) is 0 Å². The lowest BCUT2D eigenvalue weighted by Crippen LogP contribution is -2.03. The van der Waals surface area contributed by atoms with E-state index in [0.717, 1.165) is 0 Å². The van der Waals surface area contributed by atoms with Crippen molar-refractivity contribution >= 4 is 49.9 Å². The maximum absolute atomic E-state index is 13.0. The molecule has 0 aliphatic rings. The van der Waals surface area contributed by atoms with Crippen LogP contribution in [0.25, 0.3) is 0 Å². The van der Waals surface area contributed by atoms with Crippen LogP contribution >= 0.6 is 39.7 Å². The van der Waals surface area contributed by atoms with Crippen molar-refractivity contribution in [2.24, 2.45) is 0 Å². The van der Waals surface area contributed by atoms with Gasteiger partial charge in [-0.2, -0.15) is 0 Å². The molecule has 12 heavy (non-hydrogen) atoms. The highest BCUT2D eigenvalue weighted by Gasteiger charge is 2.05. The Morgan fingerprint density at radius 2 is 2.25 bits per heavy atom. The molecule has 0 radical (unpaired) electrons. The Morgan fingerprint density at radius 1 is 1.58 bits per heavy atom. The lowest BCUT2D eigenvalue weighted by molar-refractivity contribution is 0.631. The maximum Gasteiger partial charge on any atom is 0.171 e. The molecule has 0 heterocycles. The monoisotopic (exact) mass is 267 g/mol. The third kappa shape index (κ3) is 2.40. The van der Waals surface area contributed by atoms with E-state index in [0.29, 0.717) is 4.47 Å². The molecular weight excluding hydrogens is 265 g/mol. The molecule has 1 nitrogen and oxygen atoms in total. The number of benzene rings is 1. The standard InChI is InChI=1S/C7H4BrClFNS/c8-4-2-1-3-5(10)6(4)11-7(9)12/h1-3H,(H,11,12). The van der Waals surface area contributed by atoms with Crippen LogP contribution in [0.4, 0.5) is 10.1 Å². The van der Waals surface area contributed by atoms with E-state index in [1.54, 1.807) is 12.1 Å². The molecule has 0 unspecified atom stereocenters. The number of hydrogen-bond acceptors (Lipinski definition) is 1. The minimum absolute atomic E-state index is 0.0146. The van der Waals surface area contributed by atoms with Gasteiger partial charge in [0, 0.05) is 4.47 Å². The van der Waals surface area contributed by atoms with Crippen molar-refractivity contribution in [2.45, 2.75) is 0 Å². The third-order valence-electron chi connectivity index (χ3n) is 1.19. The van der Waals surface area contributed by atoms with Gasteiger partial charge in [-0.25, -0.2) is 4.39 Å². The van der Waals surface area contributed by atoms with Crippen molar-refractivity contribution < 1.29 is 4.39 Å². The molecule has 0 aliphatic heterocycles. The minimum atomic E-state index is -0.396. The minimum Gasteiger partial charge on any atom is -0.334 e. The predicted molar refractivity (Wildman–Crippen MR) is 56.2 cm³/mol. The summed E-state index contributed by atoms with van der Waals surface area (Å²) in [6.07, 6.45) is 0. The van der Waals surface area contributed by atoms with Gasteiger partial charge in [0.15, 0.2) is 4.45 Å². The van der Waals surface area contributed by atoms with Crippen molar-refractivity contribution in [3.63, 3.8) is 0 Å². The molecule has 0 amide bonds. The second-order valence-corrected chi connectivity index (χ2v) is 3.86. The smallest absolute Gasteiger partial charge is 0.171 e. The van der Waals surface area contributed by atoms with Crippen LogP contribution in [0.1, 0.15) is 0 Å². The summed E-state index contributed by atoms with van der Waals surface area (Å²) < 4.78 is 13.6. The number of rotatable bonds is 1. The summed E-state index contributed by atoms with van der Waals surface area (Å²) in [5.74, 6) is -0.396. The summed E-state index contributed by atoms with van der Waals surface area (Å²) in [4.78, 5) is 0. The summed E-state index contributed by atoms with van der Waals surface area (Å²) in [5.41, 5.74) is 0.262. The zero-order valence-corrected chi connectivity index (χ0v) is 8.93. The molecule has 0 saturated carbocycles. The van der Waals surface area contributed by atoms with Gasteiger partial charge in [0.05, 0.1) is 5.69 Å². The highest BCUT2D eigenvalue weighted by atomic mass is 79.9. The Morgan fingerprint density at radius 3 is 2.75 bits per heavy atom. The van der Waals surface area contributed by atoms with Gasteiger partial charge in [0.2, 0.25) is 0 Å². The SMILES string of the molecule is Fc1cccc(Br)c1NC(=S)Cl. The average Bonchev–Trinajstić information content (AvgIpc) is 1.97. The largest absolute Gasteiger partial charge is 0.334 e. The summed E-state index contributed by atoms with van der Waals surface area (Å²) >= 11 is 13.1. The lowest BCUT2D eigenvalue weighted by atomic mass is 10.3. The van der Waals surface area contributed by atoms with E-state index in [2.05, 4.69) is 33.5 Å². The molecule has 0 saturated heterocycles. The molecule has 1 aromatic rings. The molecule has 0 atom stereocenters. The zero-order valence-electron chi connectivity index (χ0n) is 5.77. The van der Waals surface area contributed by atoms with Crippen molar-refractivity contribution in [2.75, 3.05) is 5.32 Å². The van der Waals surface area contributed by atoms with Crippen molar-refractivity contribution in [3.8, 4) is 0 Å². The number of hydrogen-bond donors (Lipinski definition) is 1. The van der Waals surface area contributed by atoms with Gasteiger partial charge in [-0.15, -0.1) is 0 Å². The van der Waals surface area contributed by atoms with Crippen LogP contribution in [-0.2, 0) is 0 Å². The Bertz CT molecular complexity index is 298. The summed E-state index contributed by atoms with van der Waals surface area (Å²) in [6.45, 7) is 0. The van der Waals surface area contributed by atoms with E-state index in [9.17, 15) is 4.39 Å². The first-order chi connectivity index (χ1) is 5.61. The fourth-order valence-corrected chi connectivity index (χ4v) is 1.35. The highest BCUT2D eigenvalue weighted by Crippen LogP contribution is 2.25. The fraction of sp³-hybridized carbons (Fsp3) is 0.